The highest BCUT2D eigenvalue weighted by molar-refractivity contribution is 6.39. The molecule has 2 rings (SSSR count). The molecule has 0 atom stereocenters. The van der Waals surface area contributed by atoms with Crippen molar-refractivity contribution in [2.75, 3.05) is 18.2 Å². The third-order valence-corrected chi connectivity index (χ3v) is 3.23. The second-order valence-corrected chi connectivity index (χ2v) is 4.65. The topological polar surface area (TPSA) is 77.2 Å². The first kappa shape index (κ1) is 14.4. The predicted molar refractivity (Wildman–Crippen MR) is 79.7 cm³/mol. The van der Waals surface area contributed by atoms with Crippen molar-refractivity contribution in [3.05, 3.63) is 46.1 Å². The number of anilines is 3. The molecule has 7 heteroatoms. The molecule has 0 radical (unpaired) electrons. The third-order valence-electron chi connectivity index (χ3n) is 2.60. The fourth-order valence-corrected chi connectivity index (χ4v) is 2.09. The summed E-state index contributed by atoms with van der Waals surface area (Å²) in [5.74, 6) is -0.263. The Morgan fingerprint density at radius 3 is 2.55 bits per heavy atom. The molecule has 0 aliphatic rings. The molecule has 104 valence electrons. The Hall–Kier alpha value is -1.98. The average Bonchev–Trinajstić information content (AvgIpc) is 2.44. The van der Waals surface area contributed by atoms with Gasteiger partial charge >= 0.3 is 5.97 Å². The number of pyridine rings is 1. The zero-order chi connectivity index (χ0) is 14.7. The molecule has 0 saturated carbocycles. The van der Waals surface area contributed by atoms with Gasteiger partial charge in [0.25, 0.3) is 0 Å². The molecule has 0 amide bonds. The number of nitrogens with one attached hydrogen (secondary N) is 1. The van der Waals surface area contributed by atoms with E-state index in [4.69, 9.17) is 28.9 Å². The van der Waals surface area contributed by atoms with E-state index in [0.29, 0.717) is 15.7 Å². The van der Waals surface area contributed by atoms with Crippen LogP contribution in [0.15, 0.2) is 30.5 Å². The summed E-state index contributed by atoms with van der Waals surface area (Å²) in [4.78, 5) is 15.6. The number of halogens is 2. The van der Waals surface area contributed by atoms with Crippen LogP contribution in [0.3, 0.4) is 0 Å². The molecule has 0 fully saturated rings. The van der Waals surface area contributed by atoms with Gasteiger partial charge in [0.1, 0.15) is 0 Å². The number of carbonyl (C=O) groups is 1. The smallest absolute Gasteiger partial charge is 0.340 e. The van der Waals surface area contributed by atoms with Crippen molar-refractivity contribution < 1.29 is 9.53 Å². The van der Waals surface area contributed by atoms with Crippen LogP contribution < -0.4 is 11.1 Å². The first-order valence-corrected chi connectivity index (χ1v) is 6.34. The minimum Gasteiger partial charge on any atom is -0.465 e. The van der Waals surface area contributed by atoms with Gasteiger partial charge in [-0.15, -0.1) is 0 Å². The summed E-state index contributed by atoms with van der Waals surface area (Å²) in [7, 11) is 1.28. The number of rotatable bonds is 3. The van der Waals surface area contributed by atoms with Crippen molar-refractivity contribution in [1.29, 1.82) is 0 Å². The fourth-order valence-electron chi connectivity index (χ4n) is 1.60. The molecule has 2 aromatic rings. The van der Waals surface area contributed by atoms with Crippen LogP contribution in [0.25, 0.3) is 0 Å². The second-order valence-electron chi connectivity index (χ2n) is 3.83. The highest BCUT2D eigenvalue weighted by Crippen LogP contribution is 2.34. The number of methoxy groups -OCH3 is 1. The van der Waals surface area contributed by atoms with Crippen LogP contribution in [-0.2, 0) is 4.74 Å². The zero-order valence-corrected chi connectivity index (χ0v) is 12.0. The Labute approximate surface area is 125 Å². The van der Waals surface area contributed by atoms with E-state index in [1.54, 1.807) is 18.2 Å². The van der Waals surface area contributed by atoms with Crippen molar-refractivity contribution in [3.63, 3.8) is 0 Å². The molecule has 0 spiro atoms. The van der Waals surface area contributed by atoms with E-state index < -0.39 is 5.97 Å². The number of nitrogens with two attached hydrogens (primary N) is 1. The molecule has 1 heterocycles. The van der Waals surface area contributed by atoms with Crippen molar-refractivity contribution in [2.24, 2.45) is 0 Å². The minimum atomic E-state index is -0.543. The van der Waals surface area contributed by atoms with Crippen molar-refractivity contribution in [1.82, 2.24) is 4.98 Å². The molecule has 5 nitrogen and oxygen atoms in total. The zero-order valence-electron chi connectivity index (χ0n) is 10.5. The van der Waals surface area contributed by atoms with E-state index in [9.17, 15) is 4.79 Å². The highest BCUT2D eigenvalue weighted by Gasteiger charge is 2.15. The van der Waals surface area contributed by atoms with E-state index in [1.165, 1.54) is 19.4 Å². The number of nitrogens with zero attached hydrogens (tertiary/aromatic N) is 1. The SMILES string of the molecule is COC(=O)c1ccnc(Nc2c(Cl)cccc2Cl)c1N. The Morgan fingerprint density at radius 2 is 1.95 bits per heavy atom. The number of nitrogen functional groups attached to an aromatic ring is 1. The summed E-state index contributed by atoms with van der Waals surface area (Å²) in [5, 5.41) is 3.76. The number of esters is 1. The van der Waals surface area contributed by atoms with E-state index in [0.717, 1.165) is 0 Å². The van der Waals surface area contributed by atoms with Gasteiger partial charge < -0.3 is 15.8 Å². The number of ether oxygens (including phenoxy) is 1. The van der Waals surface area contributed by atoms with E-state index >= 15 is 0 Å². The Morgan fingerprint density at radius 1 is 1.30 bits per heavy atom. The standard InChI is InChI=1S/C13H11Cl2N3O2/c1-20-13(19)7-5-6-17-12(10(7)16)18-11-8(14)3-2-4-9(11)15/h2-6H,16H2,1H3,(H,17,18). The molecular weight excluding hydrogens is 301 g/mol. The Kier molecular flexibility index (Phi) is 4.32. The van der Waals surface area contributed by atoms with Crippen molar-refractivity contribution >= 4 is 46.4 Å². The lowest BCUT2D eigenvalue weighted by molar-refractivity contribution is 0.0602. The first-order valence-electron chi connectivity index (χ1n) is 5.58. The summed E-state index contributed by atoms with van der Waals surface area (Å²) in [5.41, 5.74) is 6.74. The van der Waals surface area contributed by atoms with Crippen molar-refractivity contribution in [2.45, 2.75) is 0 Å². The lowest BCUT2D eigenvalue weighted by Crippen LogP contribution is -2.09. The van der Waals surface area contributed by atoms with Gasteiger partial charge in [-0.2, -0.15) is 0 Å². The summed E-state index contributed by atoms with van der Waals surface area (Å²) in [6, 6.07) is 6.55. The van der Waals surface area contributed by atoms with Crippen molar-refractivity contribution in [3.8, 4) is 0 Å². The van der Waals surface area contributed by atoms with Crippen LogP contribution in [0.4, 0.5) is 17.2 Å². The van der Waals surface area contributed by atoms with Crippen LogP contribution in [0, 0.1) is 0 Å². The molecule has 0 saturated heterocycles. The second kappa shape index (κ2) is 5.98. The third kappa shape index (κ3) is 2.79. The fraction of sp³-hybridized carbons (Fsp3) is 0.0769. The number of carbonyl (C=O) groups excluding carboxylic acids is 1. The summed E-state index contributed by atoms with van der Waals surface area (Å²) >= 11 is 12.1. The number of benzene rings is 1. The van der Waals surface area contributed by atoms with Crippen LogP contribution >= 0.6 is 23.2 Å². The lowest BCUT2D eigenvalue weighted by Gasteiger charge is -2.13. The predicted octanol–water partition coefficient (Wildman–Crippen LogP) is 3.50. The molecule has 0 bridgehead atoms. The molecule has 0 unspecified atom stereocenters. The molecule has 20 heavy (non-hydrogen) atoms. The van der Waals surface area contributed by atoms with E-state index in [2.05, 4.69) is 15.0 Å². The van der Waals surface area contributed by atoms with Crippen LogP contribution in [0.1, 0.15) is 10.4 Å². The molecule has 0 aliphatic heterocycles. The largest absolute Gasteiger partial charge is 0.465 e. The van der Waals surface area contributed by atoms with Gasteiger partial charge in [0.15, 0.2) is 5.82 Å². The van der Waals surface area contributed by atoms with Gasteiger partial charge in [0.05, 0.1) is 34.1 Å². The summed E-state index contributed by atoms with van der Waals surface area (Å²) in [6.45, 7) is 0. The summed E-state index contributed by atoms with van der Waals surface area (Å²) < 4.78 is 4.64. The Bertz CT molecular complexity index is 642. The normalized spacial score (nSPS) is 10.2. The number of aromatic nitrogens is 1. The maximum atomic E-state index is 11.6. The first-order chi connectivity index (χ1) is 9.54. The molecule has 1 aromatic heterocycles. The van der Waals surface area contributed by atoms with E-state index in [1.807, 2.05) is 0 Å². The number of hydrogen-bond acceptors (Lipinski definition) is 5. The lowest BCUT2D eigenvalue weighted by atomic mass is 10.2. The van der Waals surface area contributed by atoms with Gasteiger partial charge in [-0.1, -0.05) is 29.3 Å². The van der Waals surface area contributed by atoms with Crippen LogP contribution in [-0.4, -0.2) is 18.1 Å². The van der Waals surface area contributed by atoms with Crippen LogP contribution in [0.2, 0.25) is 10.0 Å². The Balaban J connectivity index is 2.42. The molecule has 1 aromatic carbocycles. The molecule has 3 N–H and O–H groups in total. The van der Waals surface area contributed by atoms with Gasteiger partial charge in [-0.05, 0) is 18.2 Å². The maximum absolute atomic E-state index is 11.6. The van der Waals surface area contributed by atoms with Gasteiger partial charge in [-0.3, -0.25) is 0 Å². The summed E-state index contributed by atoms with van der Waals surface area (Å²) in [6.07, 6.45) is 1.44. The quantitative estimate of drug-likeness (QED) is 0.848. The maximum Gasteiger partial charge on any atom is 0.340 e. The molecular formula is C13H11Cl2N3O2. The van der Waals surface area contributed by atoms with Gasteiger partial charge in [-0.25, -0.2) is 9.78 Å². The average molecular weight is 312 g/mol. The molecule has 0 aliphatic carbocycles. The van der Waals surface area contributed by atoms with Crippen LogP contribution in [0.5, 0.6) is 0 Å². The monoisotopic (exact) mass is 311 g/mol. The minimum absolute atomic E-state index is 0.162. The van der Waals surface area contributed by atoms with E-state index in [-0.39, 0.29) is 17.1 Å². The van der Waals surface area contributed by atoms with Gasteiger partial charge in [0, 0.05) is 6.20 Å². The number of para-hydroxylation sites is 1. The highest BCUT2D eigenvalue weighted by atomic mass is 35.5. The number of hydrogen-bond donors (Lipinski definition) is 2. The van der Waals surface area contributed by atoms with Gasteiger partial charge in [0.2, 0.25) is 0 Å².